The maximum atomic E-state index is 12.5. The number of thiophene rings is 1. The minimum Gasteiger partial charge on any atom is -0.481 e. The zero-order valence-corrected chi connectivity index (χ0v) is 11.5. The Hall–Kier alpha value is -1.36. The van der Waals surface area contributed by atoms with Crippen molar-refractivity contribution in [1.29, 1.82) is 0 Å². The molecule has 0 spiro atoms. The minimum atomic E-state index is -0.816. The van der Waals surface area contributed by atoms with E-state index < -0.39 is 11.9 Å². The van der Waals surface area contributed by atoms with Crippen molar-refractivity contribution in [3.63, 3.8) is 0 Å². The summed E-state index contributed by atoms with van der Waals surface area (Å²) in [6, 6.07) is 2.07. The summed E-state index contributed by atoms with van der Waals surface area (Å²) >= 11 is 1.74. The first-order valence-corrected chi connectivity index (χ1v) is 7.61. The van der Waals surface area contributed by atoms with Gasteiger partial charge < -0.3 is 10.0 Å². The molecule has 4 nitrogen and oxygen atoms in total. The zero-order valence-electron chi connectivity index (χ0n) is 10.7. The summed E-state index contributed by atoms with van der Waals surface area (Å²) in [6.07, 6.45) is 3.13. The molecular formula is C14H17NO3S. The molecule has 0 radical (unpaired) electrons. The Morgan fingerprint density at radius 2 is 2.11 bits per heavy atom. The molecule has 0 aromatic carbocycles. The molecule has 2 atom stereocenters. The zero-order chi connectivity index (χ0) is 13.4. The van der Waals surface area contributed by atoms with Crippen LogP contribution in [0.2, 0.25) is 0 Å². The third-order valence-corrected chi connectivity index (χ3v) is 5.29. The van der Waals surface area contributed by atoms with Crippen molar-refractivity contribution in [1.82, 2.24) is 4.90 Å². The number of fused-ring (bicyclic) bond motifs is 1. The van der Waals surface area contributed by atoms with E-state index in [-0.39, 0.29) is 11.8 Å². The van der Waals surface area contributed by atoms with E-state index >= 15 is 0 Å². The first kappa shape index (κ1) is 12.7. The molecule has 1 amide bonds. The van der Waals surface area contributed by atoms with E-state index in [4.69, 9.17) is 0 Å². The lowest BCUT2D eigenvalue weighted by atomic mass is 9.94. The fourth-order valence-corrected chi connectivity index (χ4v) is 4.11. The highest BCUT2D eigenvalue weighted by Crippen LogP contribution is 2.35. The summed E-state index contributed by atoms with van der Waals surface area (Å²) in [7, 11) is 0. The lowest BCUT2D eigenvalue weighted by Crippen LogP contribution is -2.41. The van der Waals surface area contributed by atoms with E-state index in [0.717, 1.165) is 25.8 Å². The van der Waals surface area contributed by atoms with Gasteiger partial charge in [0.2, 0.25) is 5.91 Å². The maximum absolute atomic E-state index is 12.5. The molecule has 1 saturated carbocycles. The van der Waals surface area contributed by atoms with Crippen LogP contribution in [-0.4, -0.2) is 28.4 Å². The third kappa shape index (κ3) is 2.27. The first-order chi connectivity index (χ1) is 9.16. The Morgan fingerprint density at radius 3 is 2.89 bits per heavy atom. The number of amides is 1. The highest BCUT2D eigenvalue weighted by atomic mass is 32.1. The number of hydrogen-bond donors (Lipinski definition) is 1. The normalized spacial score (nSPS) is 26.2. The number of hydrogen-bond acceptors (Lipinski definition) is 3. The van der Waals surface area contributed by atoms with Crippen LogP contribution >= 0.6 is 11.3 Å². The second kappa shape index (κ2) is 4.96. The monoisotopic (exact) mass is 279 g/mol. The van der Waals surface area contributed by atoms with Crippen LogP contribution in [0.5, 0.6) is 0 Å². The van der Waals surface area contributed by atoms with Crippen molar-refractivity contribution in [3.8, 4) is 0 Å². The largest absolute Gasteiger partial charge is 0.481 e. The van der Waals surface area contributed by atoms with Crippen LogP contribution in [0.1, 0.15) is 29.7 Å². The fraction of sp³-hybridized carbons (Fsp3) is 0.571. The smallest absolute Gasteiger partial charge is 0.307 e. The highest BCUT2D eigenvalue weighted by molar-refractivity contribution is 7.10. The summed E-state index contributed by atoms with van der Waals surface area (Å²) in [6.45, 7) is 1.38. The molecule has 1 N–H and O–H groups in total. The quantitative estimate of drug-likeness (QED) is 0.902. The van der Waals surface area contributed by atoms with Gasteiger partial charge in [0.15, 0.2) is 0 Å². The molecule has 0 bridgehead atoms. The van der Waals surface area contributed by atoms with Gasteiger partial charge in [-0.2, -0.15) is 0 Å². The SMILES string of the molecule is O=C(O)C1CCCC1C(=O)N1CCc2sccc2C1. The van der Waals surface area contributed by atoms with Crippen molar-refractivity contribution in [3.05, 3.63) is 21.9 Å². The Bertz CT molecular complexity index is 511. The van der Waals surface area contributed by atoms with Crippen LogP contribution in [0, 0.1) is 11.8 Å². The van der Waals surface area contributed by atoms with Gasteiger partial charge >= 0.3 is 5.97 Å². The second-order valence-corrected chi connectivity index (χ2v) is 6.36. The van der Waals surface area contributed by atoms with E-state index in [9.17, 15) is 14.7 Å². The molecule has 1 aliphatic heterocycles. The average Bonchev–Trinajstić information content (AvgIpc) is 3.05. The van der Waals surface area contributed by atoms with Gasteiger partial charge in [-0.25, -0.2) is 0 Å². The molecule has 1 aromatic rings. The van der Waals surface area contributed by atoms with Gasteiger partial charge in [-0.3, -0.25) is 9.59 Å². The molecule has 19 heavy (non-hydrogen) atoms. The molecule has 2 heterocycles. The topological polar surface area (TPSA) is 57.6 Å². The van der Waals surface area contributed by atoms with E-state index in [1.54, 1.807) is 11.3 Å². The standard InChI is InChI=1S/C14H17NO3S/c16-13(10-2-1-3-11(10)14(17)18)15-6-4-12-9(8-15)5-7-19-12/h5,7,10-11H,1-4,6,8H2,(H,17,18). The lowest BCUT2D eigenvalue weighted by Gasteiger charge is -2.30. The number of aliphatic carboxylic acids is 1. The van der Waals surface area contributed by atoms with Crippen LogP contribution in [0.15, 0.2) is 11.4 Å². The molecule has 1 fully saturated rings. The van der Waals surface area contributed by atoms with E-state index in [0.29, 0.717) is 13.0 Å². The Labute approximate surface area is 116 Å². The molecule has 1 aliphatic carbocycles. The van der Waals surface area contributed by atoms with Crippen LogP contribution in [-0.2, 0) is 22.6 Å². The van der Waals surface area contributed by atoms with Crippen LogP contribution in [0.25, 0.3) is 0 Å². The number of carbonyl (C=O) groups excluding carboxylic acids is 1. The molecule has 5 heteroatoms. The van der Waals surface area contributed by atoms with Gasteiger partial charge in [0.1, 0.15) is 0 Å². The van der Waals surface area contributed by atoms with Crippen LogP contribution in [0.3, 0.4) is 0 Å². The molecule has 2 aliphatic rings. The molecular weight excluding hydrogens is 262 g/mol. The van der Waals surface area contributed by atoms with Gasteiger partial charge in [0, 0.05) is 18.0 Å². The summed E-state index contributed by atoms with van der Waals surface area (Å²) < 4.78 is 0. The molecule has 1 aromatic heterocycles. The lowest BCUT2D eigenvalue weighted by molar-refractivity contribution is -0.149. The summed E-state index contributed by atoms with van der Waals surface area (Å²) in [5.41, 5.74) is 1.23. The van der Waals surface area contributed by atoms with E-state index in [1.807, 2.05) is 4.90 Å². The van der Waals surface area contributed by atoms with Crippen LogP contribution < -0.4 is 0 Å². The Morgan fingerprint density at radius 1 is 1.32 bits per heavy atom. The average molecular weight is 279 g/mol. The van der Waals surface area contributed by atoms with Gasteiger partial charge in [-0.1, -0.05) is 6.42 Å². The maximum Gasteiger partial charge on any atom is 0.307 e. The van der Waals surface area contributed by atoms with Gasteiger partial charge in [0.25, 0.3) is 0 Å². The van der Waals surface area contributed by atoms with Gasteiger partial charge in [0.05, 0.1) is 11.8 Å². The number of carboxylic acid groups (broad SMARTS) is 1. The number of carbonyl (C=O) groups is 2. The summed E-state index contributed by atoms with van der Waals surface area (Å²) in [5.74, 6) is -1.56. The van der Waals surface area contributed by atoms with E-state index in [1.165, 1.54) is 10.4 Å². The van der Waals surface area contributed by atoms with Crippen molar-refractivity contribution in [2.24, 2.45) is 11.8 Å². The highest BCUT2D eigenvalue weighted by Gasteiger charge is 2.40. The molecule has 2 unspecified atom stereocenters. The van der Waals surface area contributed by atoms with Gasteiger partial charge in [-0.05, 0) is 36.3 Å². The number of nitrogens with zero attached hydrogens (tertiary/aromatic N) is 1. The minimum absolute atomic E-state index is 0.0433. The van der Waals surface area contributed by atoms with Crippen molar-refractivity contribution < 1.29 is 14.7 Å². The second-order valence-electron chi connectivity index (χ2n) is 5.36. The number of rotatable bonds is 2. The molecule has 102 valence electrons. The van der Waals surface area contributed by atoms with Crippen molar-refractivity contribution in [2.75, 3.05) is 6.54 Å². The Balaban J connectivity index is 1.73. The predicted octanol–water partition coefficient (Wildman–Crippen LogP) is 2.13. The summed E-state index contributed by atoms with van der Waals surface area (Å²) in [4.78, 5) is 26.9. The first-order valence-electron chi connectivity index (χ1n) is 6.73. The fourth-order valence-electron chi connectivity index (χ4n) is 3.22. The van der Waals surface area contributed by atoms with Crippen LogP contribution in [0.4, 0.5) is 0 Å². The van der Waals surface area contributed by atoms with Crippen molar-refractivity contribution >= 4 is 23.2 Å². The predicted molar refractivity (Wildman–Crippen MR) is 71.9 cm³/mol. The molecule has 0 saturated heterocycles. The van der Waals surface area contributed by atoms with Gasteiger partial charge in [-0.15, -0.1) is 11.3 Å². The molecule has 3 rings (SSSR count). The number of carboxylic acids is 1. The summed E-state index contributed by atoms with van der Waals surface area (Å²) in [5, 5.41) is 11.3. The third-order valence-electron chi connectivity index (χ3n) is 4.27. The Kier molecular flexibility index (Phi) is 3.31. The van der Waals surface area contributed by atoms with E-state index in [2.05, 4.69) is 11.4 Å². The van der Waals surface area contributed by atoms with Crippen molar-refractivity contribution in [2.45, 2.75) is 32.2 Å².